The van der Waals surface area contributed by atoms with Crippen LogP contribution in [-0.4, -0.2) is 10.6 Å². The number of fused-ring (bicyclic) bond motifs is 1. The van der Waals surface area contributed by atoms with Crippen LogP contribution in [0.2, 0.25) is 0 Å². The van der Waals surface area contributed by atoms with Gasteiger partial charge in [-0.25, -0.2) is 0 Å². The standard InChI is InChI=1S/C16H18N2O2/c1-16(2)8-11-4-3-5-14(15(11)20-16)19-13-7-6-12(9-17)18-10-13/h3-7,10H,8-9,17H2,1-2H3. The fraction of sp³-hybridized carbons (Fsp3) is 0.312. The van der Waals surface area contributed by atoms with Gasteiger partial charge in [-0.3, -0.25) is 4.98 Å². The molecule has 1 aromatic carbocycles. The van der Waals surface area contributed by atoms with Crippen LogP contribution in [0.25, 0.3) is 0 Å². The van der Waals surface area contributed by atoms with E-state index in [0.717, 1.165) is 23.6 Å². The number of ether oxygens (including phenoxy) is 2. The highest BCUT2D eigenvalue weighted by molar-refractivity contribution is 5.51. The molecule has 2 aromatic rings. The predicted octanol–water partition coefficient (Wildman–Crippen LogP) is 3.05. The number of rotatable bonds is 3. The molecule has 0 radical (unpaired) electrons. The van der Waals surface area contributed by atoms with Gasteiger partial charge in [-0.15, -0.1) is 0 Å². The Kier molecular flexibility index (Phi) is 3.10. The molecule has 0 bridgehead atoms. The van der Waals surface area contributed by atoms with Gasteiger partial charge < -0.3 is 15.2 Å². The van der Waals surface area contributed by atoms with Gasteiger partial charge >= 0.3 is 0 Å². The molecule has 0 unspecified atom stereocenters. The van der Waals surface area contributed by atoms with E-state index in [9.17, 15) is 0 Å². The summed E-state index contributed by atoms with van der Waals surface area (Å²) in [5.41, 5.74) is 7.38. The number of pyridine rings is 1. The Hall–Kier alpha value is -2.07. The first kappa shape index (κ1) is 12.9. The average Bonchev–Trinajstić information content (AvgIpc) is 2.75. The number of aromatic nitrogens is 1. The van der Waals surface area contributed by atoms with Crippen LogP contribution in [0.4, 0.5) is 0 Å². The maximum atomic E-state index is 5.98. The van der Waals surface area contributed by atoms with E-state index >= 15 is 0 Å². The Bertz CT molecular complexity index is 621. The maximum Gasteiger partial charge on any atom is 0.169 e. The Morgan fingerprint density at radius 3 is 2.85 bits per heavy atom. The van der Waals surface area contributed by atoms with Crippen LogP contribution >= 0.6 is 0 Å². The van der Waals surface area contributed by atoms with Crippen LogP contribution in [0.15, 0.2) is 36.5 Å². The van der Waals surface area contributed by atoms with Gasteiger partial charge in [-0.1, -0.05) is 12.1 Å². The lowest BCUT2D eigenvalue weighted by atomic mass is 10.0. The highest BCUT2D eigenvalue weighted by Crippen LogP contribution is 2.43. The first-order chi connectivity index (χ1) is 9.57. The third kappa shape index (κ3) is 2.47. The molecule has 3 rings (SSSR count). The zero-order valence-corrected chi connectivity index (χ0v) is 11.7. The summed E-state index contributed by atoms with van der Waals surface area (Å²) in [6.07, 6.45) is 2.57. The molecule has 1 aromatic heterocycles. The van der Waals surface area contributed by atoms with Crippen LogP contribution in [0, 0.1) is 0 Å². The van der Waals surface area contributed by atoms with Crippen molar-refractivity contribution in [3.63, 3.8) is 0 Å². The largest absolute Gasteiger partial charge is 0.483 e. The first-order valence-electron chi connectivity index (χ1n) is 6.71. The lowest BCUT2D eigenvalue weighted by molar-refractivity contribution is 0.135. The van der Waals surface area contributed by atoms with E-state index in [0.29, 0.717) is 12.3 Å². The van der Waals surface area contributed by atoms with E-state index in [2.05, 4.69) is 24.9 Å². The molecule has 0 fully saturated rings. The van der Waals surface area contributed by atoms with E-state index in [-0.39, 0.29) is 5.60 Å². The van der Waals surface area contributed by atoms with Crippen molar-refractivity contribution in [1.29, 1.82) is 0 Å². The summed E-state index contributed by atoms with van der Waals surface area (Å²) in [4.78, 5) is 4.22. The zero-order valence-electron chi connectivity index (χ0n) is 11.7. The van der Waals surface area contributed by atoms with Gasteiger partial charge in [0.25, 0.3) is 0 Å². The van der Waals surface area contributed by atoms with Crippen molar-refractivity contribution in [3.05, 3.63) is 47.8 Å². The van der Waals surface area contributed by atoms with Crippen molar-refractivity contribution in [1.82, 2.24) is 4.98 Å². The summed E-state index contributed by atoms with van der Waals surface area (Å²) in [6.45, 7) is 4.58. The summed E-state index contributed by atoms with van der Waals surface area (Å²) < 4.78 is 11.9. The van der Waals surface area contributed by atoms with E-state index in [1.165, 1.54) is 5.56 Å². The topological polar surface area (TPSA) is 57.4 Å². The van der Waals surface area contributed by atoms with Crippen molar-refractivity contribution in [3.8, 4) is 17.2 Å². The van der Waals surface area contributed by atoms with Gasteiger partial charge in [-0.05, 0) is 32.0 Å². The van der Waals surface area contributed by atoms with Gasteiger partial charge in [0.15, 0.2) is 11.5 Å². The Balaban J connectivity index is 1.87. The fourth-order valence-corrected chi connectivity index (χ4v) is 2.39. The quantitative estimate of drug-likeness (QED) is 0.931. The molecular weight excluding hydrogens is 252 g/mol. The van der Waals surface area contributed by atoms with Crippen molar-refractivity contribution in [2.75, 3.05) is 0 Å². The molecule has 0 amide bonds. The van der Waals surface area contributed by atoms with Gasteiger partial charge in [-0.2, -0.15) is 0 Å². The van der Waals surface area contributed by atoms with E-state index in [1.807, 2.05) is 24.3 Å². The molecule has 104 valence electrons. The number of nitrogens with zero attached hydrogens (tertiary/aromatic N) is 1. The lowest BCUT2D eigenvalue weighted by Gasteiger charge is -2.18. The fourth-order valence-electron chi connectivity index (χ4n) is 2.39. The highest BCUT2D eigenvalue weighted by Gasteiger charge is 2.32. The van der Waals surface area contributed by atoms with E-state index < -0.39 is 0 Å². The first-order valence-corrected chi connectivity index (χ1v) is 6.71. The molecule has 0 atom stereocenters. The minimum atomic E-state index is -0.177. The van der Waals surface area contributed by atoms with Gasteiger partial charge in [0.05, 0.1) is 11.9 Å². The summed E-state index contributed by atoms with van der Waals surface area (Å²) in [6, 6.07) is 9.71. The molecule has 0 saturated carbocycles. The molecule has 2 N–H and O–H groups in total. The van der Waals surface area contributed by atoms with Crippen molar-refractivity contribution < 1.29 is 9.47 Å². The number of nitrogens with two attached hydrogens (primary N) is 1. The summed E-state index contributed by atoms with van der Waals surface area (Å²) in [5.74, 6) is 2.25. The molecule has 1 aliphatic rings. The molecule has 4 nitrogen and oxygen atoms in total. The monoisotopic (exact) mass is 270 g/mol. The lowest BCUT2D eigenvalue weighted by Crippen LogP contribution is -2.24. The van der Waals surface area contributed by atoms with Crippen LogP contribution in [0.5, 0.6) is 17.2 Å². The van der Waals surface area contributed by atoms with Gasteiger partial charge in [0.2, 0.25) is 0 Å². The number of para-hydroxylation sites is 1. The molecule has 1 aliphatic heterocycles. The third-order valence-corrected chi connectivity index (χ3v) is 3.29. The molecule has 20 heavy (non-hydrogen) atoms. The van der Waals surface area contributed by atoms with Crippen molar-refractivity contribution in [2.45, 2.75) is 32.4 Å². The SMILES string of the molecule is CC1(C)Cc2cccc(Oc3ccc(CN)nc3)c2O1. The Labute approximate surface area is 118 Å². The van der Waals surface area contributed by atoms with E-state index in [1.54, 1.807) is 6.20 Å². The predicted molar refractivity (Wildman–Crippen MR) is 77.1 cm³/mol. The normalized spacial score (nSPS) is 15.6. The van der Waals surface area contributed by atoms with Gasteiger partial charge in [0, 0.05) is 18.5 Å². The molecule has 0 saturated heterocycles. The molecule has 0 spiro atoms. The molecular formula is C16H18N2O2. The summed E-state index contributed by atoms with van der Waals surface area (Å²) in [5, 5.41) is 0. The van der Waals surface area contributed by atoms with Crippen molar-refractivity contribution >= 4 is 0 Å². The average molecular weight is 270 g/mol. The minimum Gasteiger partial charge on any atom is -0.483 e. The summed E-state index contributed by atoms with van der Waals surface area (Å²) in [7, 11) is 0. The Morgan fingerprint density at radius 2 is 2.15 bits per heavy atom. The smallest absolute Gasteiger partial charge is 0.169 e. The maximum absolute atomic E-state index is 5.98. The van der Waals surface area contributed by atoms with Crippen molar-refractivity contribution in [2.24, 2.45) is 5.73 Å². The number of hydrogen-bond acceptors (Lipinski definition) is 4. The zero-order chi connectivity index (χ0) is 14.2. The molecule has 4 heteroatoms. The van der Waals surface area contributed by atoms with Crippen LogP contribution < -0.4 is 15.2 Å². The molecule has 0 aliphatic carbocycles. The Morgan fingerprint density at radius 1 is 1.30 bits per heavy atom. The third-order valence-electron chi connectivity index (χ3n) is 3.29. The highest BCUT2D eigenvalue weighted by atomic mass is 16.5. The minimum absolute atomic E-state index is 0.177. The van der Waals surface area contributed by atoms with Crippen LogP contribution in [0.1, 0.15) is 25.1 Å². The second-order valence-corrected chi connectivity index (χ2v) is 5.57. The summed E-state index contributed by atoms with van der Waals surface area (Å²) >= 11 is 0. The van der Waals surface area contributed by atoms with E-state index in [4.69, 9.17) is 15.2 Å². The molecule has 2 heterocycles. The number of benzene rings is 1. The second-order valence-electron chi connectivity index (χ2n) is 5.57. The number of hydrogen-bond donors (Lipinski definition) is 1. The van der Waals surface area contributed by atoms with Gasteiger partial charge in [0.1, 0.15) is 11.4 Å². The van der Waals surface area contributed by atoms with Crippen LogP contribution in [-0.2, 0) is 13.0 Å². The second kappa shape index (κ2) is 4.80. The van der Waals surface area contributed by atoms with Crippen LogP contribution in [0.3, 0.4) is 0 Å².